The quantitative estimate of drug-likeness (QED) is 0.427. The molecule has 0 atom stereocenters. The van der Waals surface area contributed by atoms with Crippen molar-refractivity contribution in [3.05, 3.63) is 102 Å². The molecule has 0 bridgehead atoms. The second-order valence-corrected chi connectivity index (χ2v) is 6.84. The highest BCUT2D eigenvalue weighted by Gasteiger charge is 2.24. The lowest BCUT2D eigenvalue weighted by molar-refractivity contribution is -0.119. The molecule has 4 rings (SSSR count). The number of carbonyl (C=O) groups excluding carboxylic acids is 2. The van der Waals surface area contributed by atoms with Crippen molar-refractivity contribution in [2.45, 2.75) is 0 Å². The van der Waals surface area contributed by atoms with Crippen LogP contribution in [0.5, 0.6) is 0 Å². The maximum atomic E-state index is 12.5. The van der Waals surface area contributed by atoms with E-state index in [0.29, 0.717) is 16.9 Å². The number of hydrogen-bond acceptors (Lipinski definition) is 5. The lowest BCUT2D eigenvalue weighted by atomic mass is 9.98. The first-order valence-electron chi connectivity index (χ1n) is 9.87. The summed E-state index contributed by atoms with van der Waals surface area (Å²) in [5.41, 5.74) is 2.66. The van der Waals surface area contributed by atoms with Crippen molar-refractivity contribution in [2.75, 3.05) is 11.9 Å². The van der Waals surface area contributed by atoms with Crippen molar-refractivity contribution in [1.82, 2.24) is 0 Å². The zero-order valence-corrected chi connectivity index (χ0v) is 16.9. The van der Waals surface area contributed by atoms with Gasteiger partial charge in [0.2, 0.25) is 5.88 Å². The van der Waals surface area contributed by atoms with Crippen molar-refractivity contribution >= 4 is 17.8 Å². The maximum Gasteiger partial charge on any atom is 0.338 e. The van der Waals surface area contributed by atoms with Gasteiger partial charge in [-0.3, -0.25) is 10.1 Å². The molecule has 1 aromatic heterocycles. The molecule has 1 heterocycles. The Labute approximate surface area is 184 Å². The second kappa shape index (κ2) is 9.45. The predicted octanol–water partition coefficient (Wildman–Crippen LogP) is 5.28. The van der Waals surface area contributed by atoms with Crippen LogP contribution in [0.2, 0.25) is 0 Å². The monoisotopic (exact) mass is 422 g/mol. The normalized spacial score (nSPS) is 10.2. The van der Waals surface area contributed by atoms with Crippen LogP contribution in [-0.4, -0.2) is 18.5 Å². The third-order valence-electron chi connectivity index (χ3n) is 4.72. The number of anilines is 1. The molecular formula is C26H18N2O4. The number of nitrogens with one attached hydrogen (secondary N) is 1. The number of rotatable bonds is 6. The summed E-state index contributed by atoms with van der Waals surface area (Å²) in [4.78, 5) is 24.5. The molecule has 1 amide bonds. The summed E-state index contributed by atoms with van der Waals surface area (Å²) in [6.45, 7) is -0.513. The minimum Gasteiger partial charge on any atom is -0.452 e. The van der Waals surface area contributed by atoms with Gasteiger partial charge in [0.05, 0.1) is 5.56 Å². The maximum absolute atomic E-state index is 12.5. The van der Waals surface area contributed by atoms with Gasteiger partial charge in [-0.2, -0.15) is 5.26 Å². The van der Waals surface area contributed by atoms with E-state index in [2.05, 4.69) is 11.4 Å². The van der Waals surface area contributed by atoms with Crippen LogP contribution in [0.3, 0.4) is 0 Å². The van der Waals surface area contributed by atoms with E-state index < -0.39 is 18.5 Å². The van der Waals surface area contributed by atoms with E-state index in [1.54, 1.807) is 30.3 Å². The fraction of sp³-hybridized carbons (Fsp3) is 0.0385. The van der Waals surface area contributed by atoms with Crippen LogP contribution in [0.15, 0.2) is 95.4 Å². The molecule has 0 spiro atoms. The van der Waals surface area contributed by atoms with Crippen molar-refractivity contribution in [2.24, 2.45) is 0 Å². The molecule has 156 valence electrons. The topological polar surface area (TPSA) is 92.3 Å². The third kappa shape index (κ3) is 4.42. The molecular weight excluding hydrogens is 404 g/mol. The van der Waals surface area contributed by atoms with Gasteiger partial charge in [0, 0.05) is 11.1 Å². The van der Waals surface area contributed by atoms with Crippen molar-refractivity contribution in [1.29, 1.82) is 5.26 Å². The number of carbonyl (C=O) groups is 2. The molecule has 4 aromatic rings. The number of esters is 1. The lowest BCUT2D eigenvalue weighted by Gasteiger charge is -2.05. The highest BCUT2D eigenvalue weighted by molar-refractivity contribution is 5.98. The summed E-state index contributed by atoms with van der Waals surface area (Å²) in [6, 6.07) is 29.2. The van der Waals surface area contributed by atoms with Gasteiger partial charge in [0.15, 0.2) is 6.61 Å². The molecule has 0 unspecified atom stereocenters. The fourth-order valence-electron chi connectivity index (χ4n) is 3.25. The van der Waals surface area contributed by atoms with Crippen LogP contribution in [-0.2, 0) is 9.53 Å². The molecule has 32 heavy (non-hydrogen) atoms. The summed E-state index contributed by atoms with van der Waals surface area (Å²) in [5, 5.41) is 12.4. The average Bonchev–Trinajstić information content (AvgIpc) is 3.22. The van der Waals surface area contributed by atoms with E-state index in [1.807, 2.05) is 60.7 Å². The van der Waals surface area contributed by atoms with Crippen LogP contribution in [0.25, 0.3) is 22.5 Å². The summed E-state index contributed by atoms with van der Waals surface area (Å²) in [5.74, 6) is -0.759. The largest absolute Gasteiger partial charge is 0.452 e. The molecule has 1 N–H and O–H groups in total. The van der Waals surface area contributed by atoms with E-state index in [1.165, 1.54) is 0 Å². The molecule has 0 saturated carbocycles. The van der Waals surface area contributed by atoms with Gasteiger partial charge < -0.3 is 9.15 Å². The van der Waals surface area contributed by atoms with Crippen LogP contribution in [0.4, 0.5) is 5.88 Å². The van der Waals surface area contributed by atoms with Crippen molar-refractivity contribution in [3.8, 4) is 28.5 Å². The molecule has 0 aliphatic heterocycles. The summed E-state index contributed by atoms with van der Waals surface area (Å²) in [6.07, 6.45) is 0. The van der Waals surface area contributed by atoms with Crippen LogP contribution in [0, 0.1) is 11.3 Å². The van der Waals surface area contributed by atoms with Crippen molar-refractivity contribution in [3.63, 3.8) is 0 Å². The summed E-state index contributed by atoms with van der Waals surface area (Å²) in [7, 11) is 0. The van der Waals surface area contributed by atoms with Gasteiger partial charge in [-0.1, -0.05) is 78.9 Å². The molecule has 0 aliphatic carbocycles. The Morgan fingerprint density at radius 3 is 2.00 bits per heavy atom. The van der Waals surface area contributed by atoms with Gasteiger partial charge in [-0.05, 0) is 17.7 Å². The second-order valence-electron chi connectivity index (χ2n) is 6.84. The molecule has 0 radical (unpaired) electrons. The number of nitriles is 1. The summed E-state index contributed by atoms with van der Waals surface area (Å²) < 4.78 is 11.0. The zero-order chi connectivity index (χ0) is 22.3. The third-order valence-corrected chi connectivity index (χ3v) is 4.72. The Balaban J connectivity index is 1.61. The Kier molecular flexibility index (Phi) is 6.10. The van der Waals surface area contributed by atoms with Crippen LogP contribution < -0.4 is 5.32 Å². The number of nitrogens with zero attached hydrogens (tertiary/aromatic N) is 1. The van der Waals surface area contributed by atoms with Gasteiger partial charge in [0.25, 0.3) is 5.91 Å². The molecule has 0 aliphatic rings. The van der Waals surface area contributed by atoms with Gasteiger partial charge >= 0.3 is 5.97 Å². The summed E-state index contributed by atoms with van der Waals surface area (Å²) >= 11 is 0. The zero-order valence-electron chi connectivity index (χ0n) is 16.9. The highest BCUT2D eigenvalue weighted by Crippen LogP contribution is 2.41. The van der Waals surface area contributed by atoms with Gasteiger partial charge in [-0.15, -0.1) is 0 Å². The highest BCUT2D eigenvalue weighted by atomic mass is 16.5. The number of amides is 1. The first-order valence-corrected chi connectivity index (χ1v) is 9.87. The van der Waals surface area contributed by atoms with E-state index in [-0.39, 0.29) is 11.4 Å². The number of benzene rings is 3. The van der Waals surface area contributed by atoms with E-state index in [9.17, 15) is 14.9 Å². The SMILES string of the molecule is N#Cc1c(NC(=O)COC(=O)c2ccccc2)oc(-c2ccccc2)c1-c1ccccc1. The smallest absolute Gasteiger partial charge is 0.338 e. The fourth-order valence-corrected chi connectivity index (χ4v) is 3.25. The first-order chi connectivity index (χ1) is 15.7. The molecule has 3 aromatic carbocycles. The van der Waals surface area contributed by atoms with Gasteiger partial charge in [0.1, 0.15) is 17.4 Å². The Morgan fingerprint density at radius 2 is 1.41 bits per heavy atom. The standard InChI is InChI=1S/C26H18N2O4/c27-16-21-23(18-10-4-1-5-11-18)24(19-12-6-2-7-13-19)32-25(21)28-22(29)17-31-26(30)20-14-8-3-9-15-20/h1-15H,17H2,(H,28,29). The Hall–Kier alpha value is -4.63. The molecule has 6 nitrogen and oxygen atoms in total. The van der Waals surface area contributed by atoms with Crippen LogP contribution in [0.1, 0.15) is 15.9 Å². The molecule has 0 fully saturated rings. The Morgan fingerprint density at radius 1 is 0.844 bits per heavy atom. The molecule has 0 saturated heterocycles. The minimum absolute atomic E-state index is 0.00552. The molecule has 6 heteroatoms. The lowest BCUT2D eigenvalue weighted by Crippen LogP contribution is -2.21. The Bertz CT molecular complexity index is 1270. The average molecular weight is 422 g/mol. The van der Waals surface area contributed by atoms with Crippen LogP contribution >= 0.6 is 0 Å². The first kappa shape index (κ1) is 20.6. The van der Waals surface area contributed by atoms with E-state index in [4.69, 9.17) is 9.15 Å². The van der Waals surface area contributed by atoms with Crippen molar-refractivity contribution < 1.29 is 18.7 Å². The van der Waals surface area contributed by atoms with E-state index >= 15 is 0 Å². The number of hydrogen-bond donors (Lipinski definition) is 1. The number of furan rings is 1. The van der Waals surface area contributed by atoms with E-state index in [0.717, 1.165) is 11.1 Å². The van der Waals surface area contributed by atoms with Gasteiger partial charge in [-0.25, -0.2) is 4.79 Å². The predicted molar refractivity (Wildman–Crippen MR) is 120 cm³/mol. The minimum atomic E-state index is -0.615. The number of ether oxygens (including phenoxy) is 1.